The predicted octanol–water partition coefficient (Wildman–Crippen LogP) is 4.44. The van der Waals surface area contributed by atoms with E-state index in [4.69, 9.17) is 0 Å². The number of carbonyl (C=O) groups excluding carboxylic acids is 1. The van der Waals surface area contributed by atoms with E-state index in [-0.39, 0.29) is 11.7 Å². The molecule has 0 radical (unpaired) electrons. The van der Waals surface area contributed by atoms with Gasteiger partial charge in [0.15, 0.2) is 0 Å². The van der Waals surface area contributed by atoms with E-state index in [1.54, 1.807) is 24.1 Å². The summed E-state index contributed by atoms with van der Waals surface area (Å²) in [5.41, 5.74) is 4.18. The lowest BCUT2D eigenvalue weighted by Gasteiger charge is -2.19. The number of aryl methyl sites for hydroxylation is 2. The van der Waals surface area contributed by atoms with Crippen LogP contribution in [0.4, 0.5) is 10.2 Å². The van der Waals surface area contributed by atoms with Gasteiger partial charge in [0.1, 0.15) is 17.7 Å². The zero-order chi connectivity index (χ0) is 23.2. The van der Waals surface area contributed by atoms with E-state index >= 15 is 0 Å². The molecule has 0 aliphatic carbocycles. The summed E-state index contributed by atoms with van der Waals surface area (Å²) in [6.07, 6.45) is 5.47. The third-order valence-electron chi connectivity index (χ3n) is 5.40. The number of rotatable bonds is 8. The van der Waals surface area contributed by atoms with Crippen molar-refractivity contribution in [3.8, 4) is 11.1 Å². The summed E-state index contributed by atoms with van der Waals surface area (Å²) in [7, 11) is 1.76. The van der Waals surface area contributed by atoms with Crippen LogP contribution in [0.5, 0.6) is 0 Å². The lowest BCUT2D eigenvalue weighted by molar-refractivity contribution is -0.118. The van der Waals surface area contributed by atoms with Crippen LogP contribution in [0.2, 0.25) is 0 Å². The fourth-order valence-electron chi connectivity index (χ4n) is 3.59. The van der Waals surface area contributed by atoms with Crippen molar-refractivity contribution in [3.05, 3.63) is 102 Å². The van der Waals surface area contributed by atoms with Crippen molar-refractivity contribution < 1.29 is 9.18 Å². The maximum atomic E-state index is 14.7. The third-order valence-corrected chi connectivity index (χ3v) is 5.40. The van der Waals surface area contributed by atoms with Gasteiger partial charge in [-0.3, -0.25) is 9.48 Å². The molecule has 1 amide bonds. The molecule has 0 bridgehead atoms. The van der Waals surface area contributed by atoms with Gasteiger partial charge in [-0.1, -0.05) is 60.2 Å². The SMILES string of the molecule is Cc1ccc(CCN[C@@H](C(=O)Nc2cc(F)c(-c3cnn(C)c3)cn2)c2ccccc2)cc1. The Hall–Kier alpha value is -3.84. The van der Waals surface area contributed by atoms with Crippen molar-refractivity contribution in [1.82, 2.24) is 20.1 Å². The summed E-state index contributed by atoms with van der Waals surface area (Å²) in [4.78, 5) is 17.4. The number of nitrogens with zero attached hydrogens (tertiary/aromatic N) is 3. The van der Waals surface area contributed by atoms with Crippen molar-refractivity contribution in [3.63, 3.8) is 0 Å². The van der Waals surface area contributed by atoms with Crippen LogP contribution >= 0.6 is 0 Å². The summed E-state index contributed by atoms with van der Waals surface area (Å²) in [5, 5.41) is 10.1. The van der Waals surface area contributed by atoms with E-state index < -0.39 is 11.9 Å². The van der Waals surface area contributed by atoms with Crippen molar-refractivity contribution in [1.29, 1.82) is 0 Å². The molecule has 1 atom stereocenters. The van der Waals surface area contributed by atoms with Gasteiger partial charge < -0.3 is 10.6 Å². The first kappa shape index (κ1) is 22.4. The Morgan fingerprint density at radius 2 is 1.85 bits per heavy atom. The normalized spacial score (nSPS) is 11.8. The van der Waals surface area contributed by atoms with Crippen molar-refractivity contribution in [2.75, 3.05) is 11.9 Å². The second kappa shape index (κ2) is 10.2. The summed E-state index contributed by atoms with van der Waals surface area (Å²) in [5.74, 6) is -0.616. The van der Waals surface area contributed by atoms with Gasteiger partial charge in [-0.15, -0.1) is 0 Å². The van der Waals surface area contributed by atoms with Gasteiger partial charge in [-0.05, 0) is 24.5 Å². The average molecular weight is 444 g/mol. The Kier molecular flexibility index (Phi) is 6.90. The summed E-state index contributed by atoms with van der Waals surface area (Å²) >= 11 is 0. The van der Waals surface area contributed by atoms with Crippen LogP contribution in [-0.2, 0) is 18.3 Å². The van der Waals surface area contributed by atoms with Crippen molar-refractivity contribution >= 4 is 11.7 Å². The van der Waals surface area contributed by atoms with Crippen LogP contribution in [0.25, 0.3) is 11.1 Å². The molecule has 168 valence electrons. The first-order valence-corrected chi connectivity index (χ1v) is 10.8. The molecule has 33 heavy (non-hydrogen) atoms. The van der Waals surface area contributed by atoms with Crippen molar-refractivity contribution in [2.45, 2.75) is 19.4 Å². The Balaban J connectivity index is 1.47. The largest absolute Gasteiger partial charge is 0.309 e. The molecule has 6 nitrogen and oxygen atoms in total. The highest BCUT2D eigenvalue weighted by molar-refractivity contribution is 5.95. The average Bonchev–Trinajstić information content (AvgIpc) is 3.24. The first-order valence-electron chi connectivity index (χ1n) is 10.8. The number of halogens is 1. The highest BCUT2D eigenvalue weighted by atomic mass is 19.1. The quantitative estimate of drug-likeness (QED) is 0.422. The van der Waals surface area contributed by atoms with Crippen LogP contribution < -0.4 is 10.6 Å². The zero-order valence-corrected chi connectivity index (χ0v) is 18.6. The molecule has 0 aliphatic heterocycles. The monoisotopic (exact) mass is 443 g/mol. The summed E-state index contributed by atoms with van der Waals surface area (Å²) in [6, 6.07) is 18.4. The van der Waals surface area contributed by atoms with Crippen LogP contribution in [0.3, 0.4) is 0 Å². The van der Waals surface area contributed by atoms with Gasteiger partial charge in [0.2, 0.25) is 5.91 Å². The molecule has 0 unspecified atom stereocenters. The van der Waals surface area contributed by atoms with E-state index in [1.165, 1.54) is 23.4 Å². The van der Waals surface area contributed by atoms with Gasteiger partial charge in [-0.2, -0.15) is 5.10 Å². The molecule has 0 fully saturated rings. The van der Waals surface area contributed by atoms with Crippen LogP contribution in [-0.4, -0.2) is 27.2 Å². The number of amides is 1. The molecule has 0 saturated carbocycles. The standard InChI is InChI=1S/C26H26FN5O/c1-18-8-10-19(11-9-18)12-13-28-25(20-6-4-3-5-7-20)26(33)31-24-14-23(27)22(16-29-24)21-15-30-32(2)17-21/h3-11,14-17,25,28H,12-13H2,1-2H3,(H,29,31,33)/t25-/m1/s1. The summed E-state index contributed by atoms with van der Waals surface area (Å²) < 4.78 is 16.3. The fourth-order valence-corrected chi connectivity index (χ4v) is 3.59. The predicted molar refractivity (Wildman–Crippen MR) is 127 cm³/mol. The number of benzene rings is 2. The number of carbonyl (C=O) groups is 1. The number of anilines is 1. The van der Waals surface area contributed by atoms with Crippen LogP contribution in [0.1, 0.15) is 22.7 Å². The smallest absolute Gasteiger partial charge is 0.247 e. The van der Waals surface area contributed by atoms with E-state index in [2.05, 4.69) is 51.9 Å². The molecule has 2 N–H and O–H groups in total. The molecule has 0 aliphatic rings. The van der Waals surface area contributed by atoms with Gasteiger partial charge in [0, 0.05) is 43.2 Å². The molecule has 4 rings (SSSR count). The van der Waals surface area contributed by atoms with E-state index in [0.29, 0.717) is 17.7 Å². The molecule has 7 heteroatoms. The molecule has 2 aromatic carbocycles. The lowest BCUT2D eigenvalue weighted by atomic mass is 10.0. The maximum absolute atomic E-state index is 14.7. The Morgan fingerprint density at radius 3 is 2.52 bits per heavy atom. The second-order valence-corrected chi connectivity index (χ2v) is 7.97. The van der Waals surface area contributed by atoms with E-state index in [0.717, 1.165) is 12.0 Å². The summed E-state index contributed by atoms with van der Waals surface area (Å²) in [6.45, 7) is 2.66. The number of hydrogen-bond acceptors (Lipinski definition) is 4. The molecular weight excluding hydrogens is 417 g/mol. The van der Waals surface area contributed by atoms with Gasteiger partial charge in [-0.25, -0.2) is 9.37 Å². The second-order valence-electron chi connectivity index (χ2n) is 7.97. The highest BCUT2D eigenvalue weighted by Gasteiger charge is 2.21. The minimum atomic E-state index is -0.598. The third kappa shape index (κ3) is 5.70. The number of hydrogen-bond donors (Lipinski definition) is 2. The molecule has 2 aromatic heterocycles. The Morgan fingerprint density at radius 1 is 1.09 bits per heavy atom. The topological polar surface area (TPSA) is 71.8 Å². The van der Waals surface area contributed by atoms with Crippen molar-refractivity contribution in [2.24, 2.45) is 7.05 Å². The highest BCUT2D eigenvalue weighted by Crippen LogP contribution is 2.23. The number of aromatic nitrogens is 3. The van der Waals surface area contributed by atoms with Gasteiger partial charge in [0.25, 0.3) is 0 Å². The van der Waals surface area contributed by atoms with Crippen LogP contribution in [0, 0.1) is 12.7 Å². The van der Waals surface area contributed by atoms with Crippen LogP contribution in [0.15, 0.2) is 79.3 Å². The molecule has 4 aromatic rings. The molecule has 0 spiro atoms. The van der Waals surface area contributed by atoms with Gasteiger partial charge in [0.05, 0.1) is 6.20 Å². The van der Waals surface area contributed by atoms with E-state index in [9.17, 15) is 9.18 Å². The fraction of sp³-hybridized carbons (Fsp3) is 0.192. The Labute approximate surface area is 192 Å². The molecule has 0 saturated heterocycles. The van der Waals surface area contributed by atoms with Gasteiger partial charge >= 0.3 is 0 Å². The Bertz CT molecular complexity index is 1220. The first-order chi connectivity index (χ1) is 16.0. The number of pyridine rings is 1. The number of nitrogens with one attached hydrogen (secondary N) is 2. The molecular formula is C26H26FN5O. The minimum absolute atomic E-state index is 0.159. The maximum Gasteiger partial charge on any atom is 0.247 e. The minimum Gasteiger partial charge on any atom is -0.309 e. The van der Waals surface area contributed by atoms with E-state index in [1.807, 2.05) is 30.3 Å². The lowest BCUT2D eigenvalue weighted by Crippen LogP contribution is -2.34. The molecule has 2 heterocycles. The zero-order valence-electron chi connectivity index (χ0n) is 18.6.